The van der Waals surface area contributed by atoms with Gasteiger partial charge < -0.3 is 10.2 Å². The lowest BCUT2D eigenvalue weighted by molar-refractivity contribution is -0.135. The Balaban J connectivity index is 1.87. The fourth-order valence-electron chi connectivity index (χ4n) is 2.45. The van der Waals surface area contributed by atoms with Crippen molar-refractivity contribution in [1.82, 2.24) is 10.2 Å². The van der Waals surface area contributed by atoms with Gasteiger partial charge in [0.2, 0.25) is 5.91 Å². The smallest absolute Gasteiger partial charge is 0.239 e. The molecule has 0 saturated carbocycles. The van der Waals surface area contributed by atoms with Crippen molar-refractivity contribution < 1.29 is 4.79 Å². The molecule has 2 rings (SSSR count). The van der Waals surface area contributed by atoms with Crippen LogP contribution in [-0.4, -0.2) is 36.5 Å². The molecule has 3 heteroatoms. The average Bonchev–Trinajstić information content (AvgIpc) is 2.69. The van der Waals surface area contributed by atoms with Gasteiger partial charge in [0.1, 0.15) is 0 Å². The number of rotatable bonds is 1. The van der Waals surface area contributed by atoms with Crippen LogP contribution < -0.4 is 5.32 Å². The highest BCUT2D eigenvalue weighted by Crippen LogP contribution is 2.30. The molecular formula is C12H22N2O. The summed E-state index contributed by atoms with van der Waals surface area (Å²) < 4.78 is 0. The van der Waals surface area contributed by atoms with E-state index in [2.05, 4.69) is 19.2 Å². The van der Waals surface area contributed by atoms with E-state index in [-0.39, 0.29) is 6.04 Å². The molecule has 0 aromatic heterocycles. The Morgan fingerprint density at radius 3 is 2.53 bits per heavy atom. The summed E-state index contributed by atoms with van der Waals surface area (Å²) in [6.07, 6.45) is 4.46. The molecule has 2 saturated heterocycles. The van der Waals surface area contributed by atoms with Crippen LogP contribution in [0.25, 0.3) is 0 Å². The van der Waals surface area contributed by atoms with Crippen LogP contribution in [0.5, 0.6) is 0 Å². The maximum Gasteiger partial charge on any atom is 0.239 e. The van der Waals surface area contributed by atoms with E-state index < -0.39 is 0 Å². The molecular weight excluding hydrogens is 188 g/mol. The lowest BCUT2D eigenvalue weighted by Gasteiger charge is -2.37. The molecule has 2 aliphatic heterocycles. The molecule has 2 fully saturated rings. The quantitative estimate of drug-likeness (QED) is 0.709. The molecule has 15 heavy (non-hydrogen) atoms. The zero-order valence-electron chi connectivity index (χ0n) is 9.88. The number of likely N-dealkylation sites (tertiary alicyclic amines) is 1. The van der Waals surface area contributed by atoms with Crippen LogP contribution in [0.2, 0.25) is 0 Å². The Morgan fingerprint density at radius 2 is 2.00 bits per heavy atom. The van der Waals surface area contributed by atoms with Crippen molar-refractivity contribution in [3.05, 3.63) is 0 Å². The van der Waals surface area contributed by atoms with Gasteiger partial charge in [-0.1, -0.05) is 13.8 Å². The minimum Gasteiger partial charge on any atom is -0.341 e. The Bertz CT molecular complexity index is 234. The summed E-state index contributed by atoms with van der Waals surface area (Å²) in [5.41, 5.74) is 0.430. The van der Waals surface area contributed by atoms with Crippen LogP contribution in [0.3, 0.4) is 0 Å². The van der Waals surface area contributed by atoms with Crippen molar-refractivity contribution >= 4 is 5.91 Å². The van der Waals surface area contributed by atoms with Gasteiger partial charge in [0, 0.05) is 13.1 Å². The summed E-state index contributed by atoms with van der Waals surface area (Å²) in [6, 6.07) is 0.117. The van der Waals surface area contributed by atoms with E-state index in [4.69, 9.17) is 0 Å². The molecule has 0 unspecified atom stereocenters. The van der Waals surface area contributed by atoms with E-state index in [0.29, 0.717) is 11.3 Å². The van der Waals surface area contributed by atoms with Crippen molar-refractivity contribution in [2.45, 2.75) is 45.6 Å². The molecule has 0 aromatic carbocycles. The summed E-state index contributed by atoms with van der Waals surface area (Å²) >= 11 is 0. The lowest BCUT2D eigenvalue weighted by Crippen LogP contribution is -2.48. The largest absolute Gasteiger partial charge is 0.341 e. The maximum atomic E-state index is 12.1. The van der Waals surface area contributed by atoms with Gasteiger partial charge in [-0.25, -0.2) is 0 Å². The maximum absolute atomic E-state index is 12.1. The minimum absolute atomic E-state index is 0.117. The molecule has 0 radical (unpaired) electrons. The van der Waals surface area contributed by atoms with E-state index in [1.807, 2.05) is 4.90 Å². The van der Waals surface area contributed by atoms with Gasteiger partial charge in [-0.05, 0) is 37.6 Å². The third kappa shape index (κ3) is 2.51. The molecule has 0 aliphatic carbocycles. The van der Waals surface area contributed by atoms with E-state index >= 15 is 0 Å². The van der Waals surface area contributed by atoms with Gasteiger partial charge in [0.15, 0.2) is 0 Å². The monoisotopic (exact) mass is 210 g/mol. The first kappa shape index (κ1) is 10.9. The van der Waals surface area contributed by atoms with E-state index in [1.54, 1.807) is 0 Å². The number of nitrogens with one attached hydrogen (secondary N) is 1. The Hall–Kier alpha value is -0.570. The highest BCUT2D eigenvalue weighted by Gasteiger charge is 2.32. The lowest BCUT2D eigenvalue weighted by atomic mass is 9.82. The van der Waals surface area contributed by atoms with Gasteiger partial charge in [0.05, 0.1) is 6.04 Å². The molecule has 2 heterocycles. The fourth-order valence-corrected chi connectivity index (χ4v) is 2.45. The molecule has 1 N–H and O–H groups in total. The van der Waals surface area contributed by atoms with Crippen molar-refractivity contribution in [2.24, 2.45) is 5.41 Å². The number of carbonyl (C=O) groups is 1. The number of nitrogens with zero attached hydrogens (tertiary/aromatic N) is 1. The fraction of sp³-hybridized carbons (Fsp3) is 0.917. The molecule has 0 aromatic rings. The van der Waals surface area contributed by atoms with Gasteiger partial charge >= 0.3 is 0 Å². The molecule has 3 nitrogen and oxygen atoms in total. The van der Waals surface area contributed by atoms with Crippen LogP contribution >= 0.6 is 0 Å². The van der Waals surface area contributed by atoms with Crippen LogP contribution in [0.1, 0.15) is 39.5 Å². The predicted octanol–water partition coefficient (Wildman–Crippen LogP) is 1.39. The number of hydrogen-bond donors (Lipinski definition) is 1. The normalized spacial score (nSPS) is 30.5. The molecule has 1 atom stereocenters. The Labute approximate surface area is 92.2 Å². The van der Waals surface area contributed by atoms with Crippen molar-refractivity contribution in [3.63, 3.8) is 0 Å². The van der Waals surface area contributed by atoms with Crippen molar-refractivity contribution in [3.8, 4) is 0 Å². The van der Waals surface area contributed by atoms with Crippen molar-refractivity contribution in [1.29, 1.82) is 0 Å². The number of piperidine rings is 1. The predicted molar refractivity (Wildman–Crippen MR) is 60.6 cm³/mol. The highest BCUT2D eigenvalue weighted by atomic mass is 16.2. The van der Waals surface area contributed by atoms with Crippen molar-refractivity contribution in [2.75, 3.05) is 19.6 Å². The van der Waals surface area contributed by atoms with Gasteiger partial charge in [-0.3, -0.25) is 4.79 Å². The second-order valence-electron chi connectivity index (χ2n) is 5.64. The van der Waals surface area contributed by atoms with E-state index in [0.717, 1.165) is 45.3 Å². The summed E-state index contributed by atoms with van der Waals surface area (Å²) in [5, 5.41) is 3.28. The van der Waals surface area contributed by atoms with Gasteiger partial charge in [-0.2, -0.15) is 0 Å². The van der Waals surface area contributed by atoms with Gasteiger partial charge in [-0.15, -0.1) is 0 Å². The first-order valence-electron chi connectivity index (χ1n) is 6.11. The Morgan fingerprint density at radius 1 is 1.33 bits per heavy atom. The van der Waals surface area contributed by atoms with E-state index in [9.17, 15) is 4.79 Å². The van der Waals surface area contributed by atoms with E-state index in [1.165, 1.54) is 0 Å². The summed E-state index contributed by atoms with van der Waals surface area (Å²) in [6.45, 7) is 7.50. The highest BCUT2D eigenvalue weighted by molar-refractivity contribution is 5.82. The molecule has 0 bridgehead atoms. The zero-order chi connectivity index (χ0) is 10.9. The first-order chi connectivity index (χ1) is 7.08. The molecule has 2 aliphatic rings. The third-order valence-corrected chi connectivity index (χ3v) is 3.79. The standard InChI is InChI=1S/C12H22N2O/c1-12(2)5-8-14(9-6-12)11(15)10-4-3-7-13-10/h10,13H,3-9H2,1-2H3/t10-/m1/s1. The topological polar surface area (TPSA) is 32.3 Å². The molecule has 0 spiro atoms. The minimum atomic E-state index is 0.117. The number of carbonyl (C=O) groups excluding carboxylic acids is 1. The first-order valence-corrected chi connectivity index (χ1v) is 6.11. The van der Waals surface area contributed by atoms with Crippen LogP contribution in [0, 0.1) is 5.41 Å². The number of hydrogen-bond acceptors (Lipinski definition) is 2. The zero-order valence-corrected chi connectivity index (χ0v) is 9.88. The second-order valence-corrected chi connectivity index (χ2v) is 5.64. The Kier molecular flexibility index (Phi) is 3.01. The third-order valence-electron chi connectivity index (χ3n) is 3.79. The van der Waals surface area contributed by atoms with Gasteiger partial charge in [0.25, 0.3) is 0 Å². The SMILES string of the molecule is CC1(C)CCN(C(=O)[C@H]2CCCN2)CC1. The molecule has 86 valence electrons. The average molecular weight is 210 g/mol. The summed E-state index contributed by atoms with van der Waals surface area (Å²) in [7, 11) is 0. The summed E-state index contributed by atoms with van der Waals surface area (Å²) in [5.74, 6) is 0.336. The summed E-state index contributed by atoms with van der Waals surface area (Å²) in [4.78, 5) is 14.1. The molecule has 1 amide bonds. The number of amides is 1. The second kappa shape index (κ2) is 4.12. The van der Waals surface area contributed by atoms with Crippen LogP contribution in [0.15, 0.2) is 0 Å². The van der Waals surface area contributed by atoms with Crippen LogP contribution in [-0.2, 0) is 4.79 Å². The van der Waals surface area contributed by atoms with Crippen LogP contribution in [0.4, 0.5) is 0 Å².